The number of carbonyl (C=O) groups is 1. The summed E-state index contributed by atoms with van der Waals surface area (Å²) in [5.41, 5.74) is 6.53. The molecule has 0 bridgehead atoms. The Hall–Kier alpha value is -3.54. The molecule has 34 heavy (non-hydrogen) atoms. The Morgan fingerprint density at radius 1 is 0.912 bits per heavy atom. The summed E-state index contributed by atoms with van der Waals surface area (Å²) in [7, 11) is 3.23. The van der Waals surface area contributed by atoms with Crippen LogP contribution in [0.5, 0.6) is 17.2 Å². The molecule has 6 nitrogen and oxygen atoms in total. The number of benzene rings is 2. The number of oxazole rings is 1. The fraction of sp³-hybridized carbons (Fsp3) is 0.357. The Balaban J connectivity index is 0.000000240. The van der Waals surface area contributed by atoms with Crippen LogP contribution in [-0.4, -0.2) is 30.1 Å². The number of carbonyl (C=O) groups excluding carboxylic acids is 1. The van der Waals surface area contributed by atoms with Crippen molar-refractivity contribution < 1.29 is 23.8 Å². The van der Waals surface area contributed by atoms with E-state index in [1.54, 1.807) is 20.3 Å². The van der Waals surface area contributed by atoms with E-state index >= 15 is 0 Å². The van der Waals surface area contributed by atoms with Crippen molar-refractivity contribution in [3.63, 3.8) is 0 Å². The van der Waals surface area contributed by atoms with Crippen LogP contribution in [0, 0.1) is 6.92 Å². The van der Waals surface area contributed by atoms with Gasteiger partial charge in [0.15, 0.2) is 17.3 Å². The van der Waals surface area contributed by atoms with Crippen molar-refractivity contribution in [3.8, 4) is 17.2 Å². The van der Waals surface area contributed by atoms with Gasteiger partial charge in [0.05, 0.1) is 19.8 Å². The summed E-state index contributed by atoms with van der Waals surface area (Å²) in [6.45, 7) is 11.5. The number of aryl methyl sites for hydroxylation is 1. The number of Topliss-reactive ketones (excluding diaryl/α,β-unsaturated/α-hetero) is 1. The molecule has 0 fully saturated rings. The number of ether oxygens (including phenoxy) is 2. The number of nitrogens with zero attached hydrogens (tertiary/aromatic N) is 1. The van der Waals surface area contributed by atoms with Crippen LogP contribution in [0.3, 0.4) is 0 Å². The number of methoxy groups -OCH3 is 2. The highest BCUT2D eigenvalue weighted by molar-refractivity contribution is 5.97. The van der Waals surface area contributed by atoms with Crippen LogP contribution in [-0.2, 0) is 12.8 Å². The minimum absolute atomic E-state index is 0.0321. The molecule has 1 aromatic heterocycles. The first-order valence-corrected chi connectivity index (χ1v) is 11.2. The largest absolute Gasteiger partial charge is 0.507 e. The van der Waals surface area contributed by atoms with Gasteiger partial charge in [0.1, 0.15) is 22.8 Å². The van der Waals surface area contributed by atoms with E-state index in [9.17, 15) is 9.90 Å². The normalized spacial score (nSPS) is 10.2. The van der Waals surface area contributed by atoms with E-state index in [1.807, 2.05) is 32.9 Å². The van der Waals surface area contributed by atoms with Gasteiger partial charge >= 0.3 is 0 Å². The van der Waals surface area contributed by atoms with Crippen LogP contribution in [0.25, 0.3) is 11.1 Å². The highest BCUT2D eigenvalue weighted by atomic mass is 16.5. The molecule has 0 aliphatic carbocycles. The zero-order valence-corrected chi connectivity index (χ0v) is 21.4. The Labute approximate surface area is 201 Å². The number of aromatic hydroxyl groups is 1. The molecule has 1 N–H and O–H groups in total. The average Bonchev–Trinajstić information content (AvgIpc) is 3.14. The Kier molecular flexibility index (Phi) is 9.48. The van der Waals surface area contributed by atoms with E-state index in [2.05, 4.69) is 31.0 Å². The fourth-order valence-electron chi connectivity index (χ4n) is 3.34. The molecule has 0 aliphatic heterocycles. The summed E-state index contributed by atoms with van der Waals surface area (Å²) in [5, 5.41) is 9.68. The molecule has 0 spiro atoms. The van der Waals surface area contributed by atoms with Gasteiger partial charge in [-0.15, -0.1) is 0 Å². The molecule has 0 amide bonds. The minimum atomic E-state index is -0.149. The van der Waals surface area contributed by atoms with Crippen molar-refractivity contribution in [2.24, 2.45) is 0 Å². The van der Waals surface area contributed by atoms with Crippen molar-refractivity contribution in [1.82, 2.24) is 4.98 Å². The lowest BCUT2D eigenvalue weighted by Crippen LogP contribution is -1.98. The molecule has 1 heterocycles. The van der Waals surface area contributed by atoms with Gasteiger partial charge in [-0.1, -0.05) is 23.3 Å². The van der Waals surface area contributed by atoms with Gasteiger partial charge in [0.2, 0.25) is 0 Å². The van der Waals surface area contributed by atoms with E-state index in [1.165, 1.54) is 24.1 Å². The van der Waals surface area contributed by atoms with E-state index < -0.39 is 0 Å². The summed E-state index contributed by atoms with van der Waals surface area (Å²) in [4.78, 5) is 15.7. The van der Waals surface area contributed by atoms with Crippen LogP contribution in [0.1, 0.15) is 62.0 Å². The molecule has 182 valence electrons. The topological polar surface area (TPSA) is 81.8 Å². The highest BCUT2D eigenvalue weighted by Gasteiger charge is 2.12. The molecular formula is C28H35NO5. The van der Waals surface area contributed by atoms with Crippen molar-refractivity contribution >= 4 is 16.9 Å². The first-order chi connectivity index (χ1) is 16.0. The number of phenols is 1. The average molecular weight is 466 g/mol. The number of hydrogen-bond acceptors (Lipinski definition) is 6. The number of hydrogen-bond donors (Lipinski definition) is 1. The van der Waals surface area contributed by atoms with Crippen LogP contribution in [0.2, 0.25) is 0 Å². The number of fused-ring (bicyclic) bond motifs is 1. The third kappa shape index (κ3) is 7.24. The third-order valence-electron chi connectivity index (χ3n) is 5.14. The molecule has 0 atom stereocenters. The van der Waals surface area contributed by atoms with E-state index in [-0.39, 0.29) is 11.5 Å². The van der Waals surface area contributed by atoms with E-state index in [4.69, 9.17) is 13.9 Å². The molecule has 0 aliphatic rings. The maximum atomic E-state index is 11.3. The molecule has 0 unspecified atom stereocenters. The standard InChI is InChI=1S/C14H17NO2.C14H18O3/c1-9(2)5-6-11-7-12-14(8-13(11)16-4)17-10(3)15-12;1-9(2)5-6-11-7-12(10(3)15)13(16)8-14(11)17-4/h5,7-8H,6H2,1-4H3;5,7-8,16H,6H2,1-4H3. The van der Waals surface area contributed by atoms with Crippen LogP contribution in [0.4, 0.5) is 0 Å². The molecular weight excluding hydrogens is 430 g/mol. The monoisotopic (exact) mass is 465 g/mol. The number of phenolic OH excluding ortho intramolecular Hbond substituents is 1. The SMILES string of the molecule is COc1cc(O)c(C(C)=O)cc1CC=C(C)C.COc1cc2oc(C)nc2cc1CC=C(C)C. The maximum Gasteiger partial charge on any atom is 0.192 e. The molecule has 3 rings (SSSR count). The second-order valence-electron chi connectivity index (χ2n) is 8.57. The Morgan fingerprint density at radius 2 is 1.44 bits per heavy atom. The number of rotatable bonds is 7. The lowest BCUT2D eigenvalue weighted by atomic mass is 10.0. The van der Waals surface area contributed by atoms with Gasteiger partial charge in [-0.25, -0.2) is 4.98 Å². The molecule has 2 aromatic carbocycles. The summed E-state index contributed by atoms with van der Waals surface area (Å²) >= 11 is 0. The minimum Gasteiger partial charge on any atom is -0.507 e. The number of allylic oxidation sites excluding steroid dienone is 4. The second kappa shape index (κ2) is 12.1. The van der Waals surface area contributed by atoms with Gasteiger partial charge < -0.3 is 19.0 Å². The molecule has 0 saturated heterocycles. The van der Waals surface area contributed by atoms with Crippen molar-refractivity contribution in [1.29, 1.82) is 0 Å². The van der Waals surface area contributed by atoms with Crippen LogP contribution >= 0.6 is 0 Å². The number of ketones is 1. The van der Waals surface area contributed by atoms with Gasteiger partial charge in [-0.2, -0.15) is 0 Å². The lowest BCUT2D eigenvalue weighted by molar-refractivity contribution is 0.101. The zero-order valence-electron chi connectivity index (χ0n) is 21.4. The lowest BCUT2D eigenvalue weighted by Gasteiger charge is -2.10. The smallest absolute Gasteiger partial charge is 0.192 e. The predicted molar refractivity (Wildman–Crippen MR) is 136 cm³/mol. The maximum absolute atomic E-state index is 11.3. The third-order valence-corrected chi connectivity index (χ3v) is 5.14. The summed E-state index contributed by atoms with van der Waals surface area (Å²) in [6, 6.07) is 7.12. The first kappa shape index (κ1) is 26.7. The van der Waals surface area contributed by atoms with Gasteiger partial charge in [0, 0.05) is 24.6 Å². The zero-order chi connectivity index (χ0) is 25.4. The highest BCUT2D eigenvalue weighted by Crippen LogP contribution is 2.29. The fourth-order valence-corrected chi connectivity index (χ4v) is 3.34. The molecule has 0 radical (unpaired) electrons. The van der Waals surface area contributed by atoms with Crippen molar-refractivity contribution in [2.45, 2.75) is 54.4 Å². The molecule has 3 aromatic rings. The van der Waals surface area contributed by atoms with E-state index in [0.29, 0.717) is 23.6 Å². The Morgan fingerprint density at radius 3 is 1.94 bits per heavy atom. The van der Waals surface area contributed by atoms with Crippen LogP contribution in [0.15, 0.2) is 52.0 Å². The molecule has 6 heteroatoms. The van der Waals surface area contributed by atoms with Crippen molar-refractivity contribution in [2.75, 3.05) is 14.2 Å². The second-order valence-corrected chi connectivity index (χ2v) is 8.57. The van der Waals surface area contributed by atoms with Crippen LogP contribution < -0.4 is 9.47 Å². The summed E-state index contributed by atoms with van der Waals surface area (Å²) in [5.74, 6) is 1.96. The van der Waals surface area contributed by atoms with Gasteiger partial charge in [0.25, 0.3) is 0 Å². The van der Waals surface area contributed by atoms with E-state index in [0.717, 1.165) is 34.4 Å². The summed E-state index contributed by atoms with van der Waals surface area (Å²) < 4.78 is 16.1. The van der Waals surface area contributed by atoms with Gasteiger partial charge in [-0.3, -0.25) is 4.79 Å². The van der Waals surface area contributed by atoms with Gasteiger partial charge in [-0.05, 0) is 65.2 Å². The molecule has 0 saturated carbocycles. The number of aromatic nitrogens is 1. The Bertz CT molecular complexity index is 1210. The quantitative estimate of drug-likeness (QED) is 0.306. The summed E-state index contributed by atoms with van der Waals surface area (Å²) in [6.07, 6.45) is 5.77. The predicted octanol–water partition coefficient (Wildman–Crippen LogP) is 6.77. The van der Waals surface area contributed by atoms with Crippen molar-refractivity contribution in [3.05, 3.63) is 70.1 Å². The first-order valence-electron chi connectivity index (χ1n) is 11.2.